The second-order valence-electron chi connectivity index (χ2n) is 6.43. The van der Waals surface area contributed by atoms with Crippen LogP contribution in [0.2, 0.25) is 0 Å². The Morgan fingerprint density at radius 3 is 2.52 bits per heavy atom. The molecule has 0 unspecified atom stereocenters. The lowest BCUT2D eigenvalue weighted by atomic mass is 10.0. The van der Waals surface area contributed by atoms with Crippen molar-refractivity contribution in [2.75, 3.05) is 6.61 Å². The summed E-state index contributed by atoms with van der Waals surface area (Å²) in [5, 5.41) is 10.1. The van der Waals surface area contributed by atoms with Gasteiger partial charge in [0.15, 0.2) is 0 Å². The van der Waals surface area contributed by atoms with Crippen molar-refractivity contribution in [3.05, 3.63) is 60.2 Å². The van der Waals surface area contributed by atoms with Crippen molar-refractivity contribution in [2.45, 2.75) is 20.3 Å². The lowest BCUT2D eigenvalue weighted by Gasteiger charge is -2.10. The zero-order chi connectivity index (χ0) is 17.8. The van der Waals surface area contributed by atoms with E-state index in [9.17, 15) is 9.90 Å². The van der Waals surface area contributed by atoms with Crippen molar-refractivity contribution in [2.24, 2.45) is 5.92 Å². The molecular weight excluding hydrogens is 314 g/mol. The van der Waals surface area contributed by atoms with E-state index in [1.54, 1.807) is 12.1 Å². The zero-order valence-electron chi connectivity index (χ0n) is 14.4. The Hall–Kier alpha value is -2.88. The Labute approximate surface area is 147 Å². The van der Waals surface area contributed by atoms with Gasteiger partial charge in [-0.25, -0.2) is 9.78 Å². The number of pyridine rings is 1. The van der Waals surface area contributed by atoms with Gasteiger partial charge in [0.2, 0.25) is 0 Å². The monoisotopic (exact) mass is 335 g/mol. The molecule has 0 fully saturated rings. The van der Waals surface area contributed by atoms with Crippen molar-refractivity contribution >= 4 is 16.9 Å². The Kier molecular flexibility index (Phi) is 4.98. The molecule has 0 atom stereocenters. The molecule has 3 aromatic rings. The van der Waals surface area contributed by atoms with Gasteiger partial charge in [-0.15, -0.1) is 0 Å². The fraction of sp³-hybridized carbons (Fsp3) is 0.238. The highest BCUT2D eigenvalue weighted by molar-refractivity contribution is 6.03. The Morgan fingerprint density at radius 2 is 1.84 bits per heavy atom. The third-order valence-electron chi connectivity index (χ3n) is 4.06. The zero-order valence-corrected chi connectivity index (χ0v) is 14.4. The van der Waals surface area contributed by atoms with Crippen LogP contribution in [0.1, 0.15) is 30.6 Å². The molecule has 0 spiro atoms. The van der Waals surface area contributed by atoms with Crippen molar-refractivity contribution < 1.29 is 14.6 Å². The largest absolute Gasteiger partial charge is 0.494 e. The number of rotatable bonds is 6. The van der Waals surface area contributed by atoms with Gasteiger partial charge in [0.05, 0.1) is 23.4 Å². The first kappa shape index (κ1) is 17.0. The van der Waals surface area contributed by atoms with Crippen LogP contribution in [-0.4, -0.2) is 22.7 Å². The first-order chi connectivity index (χ1) is 12.0. The summed E-state index contributed by atoms with van der Waals surface area (Å²) in [6.45, 7) is 5.02. The van der Waals surface area contributed by atoms with Gasteiger partial charge in [-0.05, 0) is 48.7 Å². The molecule has 1 aromatic heterocycles. The van der Waals surface area contributed by atoms with E-state index in [1.165, 1.54) is 0 Å². The lowest BCUT2D eigenvalue weighted by Crippen LogP contribution is -2.01. The van der Waals surface area contributed by atoms with Gasteiger partial charge in [0, 0.05) is 10.9 Å². The molecule has 1 N–H and O–H groups in total. The van der Waals surface area contributed by atoms with Gasteiger partial charge >= 0.3 is 5.97 Å². The van der Waals surface area contributed by atoms with Crippen LogP contribution < -0.4 is 4.74 Å². The Morgan fingerprint density at radius 1 is 1.12 bits per heavy atom. The number of carboxylic acid groups (broad SMARTS) is 1. The summed E-state index contributed by atoms with van der Waals surface area (Å²) in [7, 11) is 0. The summed E-state index contributed by atoms with van der Waals surface area (Å²) in [4.78, 5) is 16.2. The second-order valence-corrected chi connectivity index (χ2v) is 6.43. The summed E-state index contributed by atoms with van der Waals surface area (Å²) in [6, 6.07) is 16.5. The number of nitrogens with zero attached hydrogens (tertiary/aromatic N) is 1. The smallest absolute Gasteiger partial charge is 0.336 e. The number of ether oxygens (including phenoxy) is 1. The molecule has 25 heavy (non-hydrogen) atoms. The lowest BCUT2D eigenvalue weighted by molar-refractivity contribution is 0.0699. The SMILES string of the molecule is CC(C)CCOc1ccc(-c2cc(C(=O)O)c3ccccc3n2)cc1. The first-order valence-corrected chi connectivity index (χ1v) is 8.41. The van der Waals surface area contributed by atoms with Crippen LogP contribution >= 0.6 is 0 Å². The van der Waals surface area contributed by atoms with E-state index in [1.807, 2.05) is 42.5 Å². The molecule has 0 aliphatic heterocycles. The van der Waals surface area contributed by atoms with Crippen molar-refractivity contribution in [1.82, 2.24) is 4.98 Å². The van der Waals surface area contributed by atoms with Crippen molar-refractivity contribution in [3.8, 4) is 17.0 Å². The molecule has 0 radical (unpaired) electrons. The summed E-state index contributed by atoms with van der Waals surface area (Å²) in [5.41, 5.74) is 2.45. The maximum atomic E-state index is 11.6. The third-order valence-corrected chi connectivity index (χ3v) is 4.06. The average Bonchev–Trinajstić information content (AvgIpc) is 2.61. The topological polar surface area (TPSA) is 59.4 Å². The Bertz CT molecular complexity index is 885. The summed E-state index contributed by atoms with van der Waals surface area (Å²) < 4.78 is 5.73. The van der Waals surface area contributed by atoms with Crippen LogP contribution in [0.4, 0.5) is 0 Å². The predicted octanol–water partition coefficient (Wildman–Crippen LogP) is 5.02. The summed E-state index contributed by atoms with van der Waals surface area (Å²) in [6.07, 6.45) is 1.01. The standard InChI is InChI=1S/C21H21NO3/c1-14(2)11-12-25-16-9-7-15(8-10-16)20-13-18(21(23)24)17-5-3-4-6-19(17)22-20/h3-10,13-14H,11-12H2,1-2H3,(H,23,24). The highest BCUT2D eigenvalue weighted by Crippen LogP contribution is 2.26. The normalized spacial score (nSPS) is 11.0. The molecule has 0 saturated carbocycles. The van der Waals surface area contributed by atoms with Crippen LogP contribution in [0.15, 0.2) is 54.6 Å². The molecule has 128 valence electrons. The van der Waals surface area contributed by atoms with Gasteiger partial charge in [-0.3, -0.25) is 0 Å². The molecule has 0 aliphatic rings. The number of carboxylic acids is 1. The minimum Gasteiger partial charge on any atom is -0.494 e. The maximum Gasteiger partial charge on any atom is 0.336 e. The maximum absolute atomic E-state index is 11.6. The molecule has 4 nitrogen and oxygen atoms in total. The van der Waals surface area contributed by atoms with Gasteiger partial charge in [-0.1, -0.05) is 32.0 Å². The average molecular weight is 335 g/mol. The molecular formula is C21H21NO3. The molecule has 1 heterocycles. The molecule has 2 aromatic carbocycles. The fourth-order valence-electron chi connectivity index (χ4n) is 2.63. The van der Waals surface area contributed by atoms with E-state index >= 15 is 0 Å². The number of hydrogen-bond acceptors (Lipinski definition) is 3. The van der Waals surface area contributed by atoms with Gasteiger partial charge in [0.25, 0.3) is 0 Å². The highest BCUT2D eigenvalue weighted by Gasteiger charge is 2.12. The number of carbonyl (C=O) groups is 1. The predicted molar refractivity (Wildman–Crippen MR) is 99.1 cm³/mol. The van der Waals surface area contributed by atoms with Crippen molar-refractivity contribution in [1.29, 1.82) is 0 Å². The fourth-order valence-corrected chi connectivity index (χ4v) is 2.63. The van der Waals surface area contributed by atoms with E-state index in [0.29, 0.717) is 29.1 Å². The van der Waals surface area contributed by atoms with E-state index in [-0.39, 0.29) is 5.56 Å². The van der Waals surface area contributed by atoms with Crippen molar-refractivity contribution in [3.63, 3.8) is 0 Å². The van der Waals surface area contributed by atoms with Crippen LogP contribution in [0.25, 0.3) is 22.2 Å². The summed E-state index contributed by atoms with van der Waals surface area (Å²) >= 11 is 0. The van der Waals surface area contributed by atoms with Gasteiger partial charge in [0.1, 0.15) is 5.75 Å². The molecule has 3 rings (SSSR count). The minimum atomic E-state index is -0.950. The molecule has 0 bridgehead atoms. The first-order valence-electron chi connectivity index (χ1n) is 8.41. The number of hydrogen-bond donors (Lipinski definition) is 1. The molecule has 0 amide bonds. The number of benzene rings is 2. The molecule has 4 heteroatoms. The summed E-state index contributed by atoms with van der Waals surface area (Å²) in [5.74, 6) is 0.465. The van der Waals surface area contributed by atoms with E-state index in [0.717, 1.165) is 17.7 Å². The van der Waals surface area contributed by atoms with Crippen LogP contribution in [0, 0.1) is 5.92 Å². The van der Waals surface area contributed by atoms with Crippen LogP contribution in [0.5, 0.6) is 5.75 Å². The number of para-hydroxylation sites is 1. The van der Waals surface area contributed by atoms with Gasteiger partial charge in [-0.2, -0.15) is 0 Å². The van der Waals surface area contributed by atoms with Crippen LogP contribution in [0.3, 0.4) is 0 Å². The van der Waals surface area contributed by atoms with E-state index in [2.05, 4.69) is 18.8 Å². The van der Waals surface area contributed by atoms with E-state index in [4.69, 9.17) is 4.74 Å². The number of aromatic nitrogens is 1. The van der Waals surface area contributed by atoms with Crippen LogP contribution in [-0.2, 0) is 0 Å². The quantitative estimate of drug-likeness (QED) is 0.687. The van der Waals surface area contributed by atoms with Gasteiger partial charge < -0.3 is 9.84 Å². The number of fused-ring (bicyclic) bond motifs is 1. The Balaban J connectivity index is 1.90. The number of aromatic carboxylic acids is 1. The molecule has 0 saturated heterocycles. The second kappa shape index (κ2) is 7.34. The third kappa shape index (κ3) is 3.97. The molecule has 0 aliphatic carbocycles. The highest BCUT2D eigenvalue weighted by atomic mass is 16.5. The minimum absolute atomic E-state index is 0.262. The van der Waals surface area contributed by atoms with E-state index < -0.39 is 5.97 Å².